The molecular weight excluding hydrogens is 242 g/mol. The normalized spacial score (nSPS) is 11.2. The molecule has 0 aromatic carbocycles. The predicted octanol–water partition coefficient (Wildman–Crippen LogP) is 2.85. The molecule has 0 aromatic heterocycles. The Hall–Kier alpha value is -1.57. The van der Waals surface area contributed by atoms with Crippen LogP contribution in [0.25, 0.3) is 0 Å². The highest BCUT2D eigenvalue weighted by atomic mass is 16.1. The summed E-state index contributed by atoms with van der Waals surface area (Å²) >= 11 is 0. The van der Waals surface area contributed by atoms with Gasteiger partial charge in [-0.2, -0.15) is 0 Å². The molecule has 0 rings (SSSR count). The highest BCUT2D eigenvalue weighted by Crippen LogP contribution is 2.13. The van der Waals surface area contributed by atoms with Gasteiger partial charge in [0.25, 0.3) is 0 Å². The van der Waals surface area contributed by atoms with Crippen molar-refractivity contribution in [3.63, 3.8) is 0 Å². The summed E-state index contributed by atoms with van der Waals surface area (Å²) in [5, 5.41) is 0. The van der Waals surface area contributed by atoms with Crippen molar-refractivity contribution >= 4 is 18.9 Å². The van der Waals surface area contributed by atoms with Gasteiger partial charge in [-0.1, -0.05) is 25.7 Å². The summed E-state index contributed by atoms with van der Waals surface area (Å²) in [5.74, 6) is 0. The van der Waals surface area contributed by atoms with Crippen molar-refractivity contribution < 1.29 is 9.59 Å². The van der Waals surface area contributed by atoms with Crippen LogP contribution in [0.1, 0.15) is 51.4 Å². The van der Waals surface area contributed by atoms with Crippen LogP contribution in [0.2, 0.25) is 0 Å². The largest absolute Gasteiger partial charge is 0.301 e. The number of rotatable bonds is 13. The van der Waals surface area contributed by atoms with Gasteiger partial charge in [0.1, 0.15) is 0 Å². The minimum atomic E-state index is 0.0868. The first-order chi connectivity index (χ1) is 9.35. The Balaban J connectivity index is 3.64. The molecule has 0 aliphatic heterocycles. The fourth-order valence-corrected chi connectivity index (χ4v) is 1.92. The van der Waals surface area contributed by atoms with Crippen LogP contribution >= 0.6 is 0 Å². The Kier molecular flexibility index (Phi) is 13.3. The average Bonchev–Trinajstić information content (AvgIpc) is 2.42. The van der Waals surface area contributed by atoms with E-state index in [9.17, 15) is 9.59 Å². The second-order valence-corrected chi connectivity index (χ2v) is 4.49. The number of carbonyl (C=O) groups excluding carboxylic acids is 2. The molecule has 0 spiro atoms. The van der Waals surface area contributed by atoms with Crippen LogP contribution < -0.4 is 0 Å². The van der Waals surface area contributed by atoms with Crippen LogP contribution in [0, 0.1) is 0 Å². The fraction of sp³-hybridized carbons (Fsp3) is 0.786. The van der Waals surface area contributed by atoms with Crippen molar-refractivity contribution in [2.45, 2.75) is 57.4 Å². The molecule has 0 amide bonds. The molecular formula is C14H23N3O2. The summed E-state index contributed by atoms with van der Waals surface area (Å²) in [5.41, 5.74) is 0. The molecule has 19 heavy (non-hydrogen) atoms. The Labute approximate surface area is 114 Å². The molecule has 5 nitrogen and oxygen atoms in total. The number of isocyanates is 2. The number of aliphatic imine (C=N–C) groups is 3. The minimum absolute atomic E-state index is 0.0868. The van der Waals surface area contributed by atoms with Gasteiger partial charge in [0.2, 0.25) is 12.2 Å². The Morgan fingerprint density at radius 3 is 2.00 bits per heavy atom. The van der Waals surface area contributed by atoms with Gasteiger partial charge in [0.15, 0.2) is 0 Å². The van der Waals surface area contributed by atoms with Gasteiger partial charge < -0.3 is 4.99 Å². The van der Waals surface area contributed by atoms with Gasteiger partial charge in [-0.05, 0) is 32.4 Å². The van der Waals surface area contributed by atoms with Crippen LogP contribution in [0.3, 0.4) is 0 Å². The van der Waals surface area contributed by atoms with E-state index in [1.165, 1.54) is 6.08 Å². The third-order valence-electron chi connectivity index (χ3n) is 2.96. The first-order valence-electron chi connectivity index (χ1n) is 6.88. The summed E-state index contributed by atoms with van der Waals surface area (Å²) in [6, 6.07) is 0.0868. The van der Waals surface area contributed by atoms with Crippen molar-refractivity contribution in [2.75, 3.05) is 13.1 Å². The minimum Gasteiger partial charge on any atom is -0.301 e. The first-order valence-corrected chi connectivity index (χ1v) is 6.88. The van der Waals surface area contributed by atoms with Gasteiger partial charge in [0.05, 0.1) is 12.6 Å². The third-order valence-corrected chi connectivity index (χ3v) is 2.96. The van der Waals surface area contributed by atoms with E-state index in [0.29, 0.717) is 6.54 Å². The molecule has 0 aliphatic carbocycles. The number of unbranched alkanes of at least 4 members (excludes halogenated alkanes) is 4. The zero-order valence-electron chi connectivity index (χ0n) is 11.5. The molecule has 1 atom stereocenters. The van der Waals surface area contributed by atoms with Gasteiger partial charge in [-0.3, -0.25) is 0 Å². The van der Waals surface area contributed by atoms with Crippen LogP contribution in [-0.4, -0.2) is 38.0 Å². The number of hydrogen-bond acceptors (Lipinski definition) is 5. The lowest BCUT2D eigenvalue weighted by Crippen LogP contribution is -2.04. The lowest BCUT2D eigenvalue weighted by Gasteiger charge is -2.09. The average molecular weight is 265 g/mol. The summed E-state index contributed by atoms with van der Waals surface area (Å²) in [6.07, 6.45) is 11.1. The maximum absolute atomic E-state index is 10.4. The summed E-state index contributed by atoms with van der Waals surface area (Å²) < 4.78 is 0. The summed E-state index contributed by atoms with van der Waals surface area (Å²) in [4.78, 5) is 31.4. The van der Waals surface area contributed by atoms with Gasteiger partial charge in [-0.15, -0.1) is 0 Å². The molecule has 0 heterocycles. The maximum atomic E-state index is 10.4. The predicted molar refractivity (Wildman–Crippen MR) is 76.3 cm³/mol. The second kappa shape index (κ2) is 14.5. The van der Waals surface area contributed by atoms with E-state index in [1.807, 2.05) is 0 Å². The van der Waals surface area contributed by atoms with Crippen LogP contribution in [-0.2, 0) is 9.59 Å². The molecule has 106 valence electrons. The topological polar surface area (TPSA) is 71.2 Å². The molecule has 1 unspecified atom stereocenters. The van der Waals surface area contributed by atoms with Crippen molar-refractivity contribution in [3.8, 4) is 0 Å². The second-order valence-electron chi connectivity index (χ2n) is 4.49. The number of nitrogens with zero attached hydrogens (tertiary/aromatic N) is 3. The molecule has 0 N–H and O–H groups in total. The van der Waals surface area contributed by atoms with E-state index < -0.39 is 0 Å². The van der Waals surface area contributed by atoms with Crippen molar-refractivity contribution in [1.29, 1.82) is 0 Å². The van der Waals surface area contributed by atoms with E-state index in [-0.39, 0.29) is 6.04 Å². The Morgan fingerprint density at radius 1 is 0.842 bits per heavy atom. The molecule has 5 heteroatoms. The Morgan fingerprint density at radius 2 is 1.47 bits per heavy atom. The molecule has 0 aromatic rings. The molecule has 0 saturated carbocycles. The third kappa shape index (κ3) is 12.7. The zero-order valence-corrected chi connectivity index (χ0v) is 11.5. The molecule has 0 saturated heterocycles. The van der Waals surface area contributed by atoms with Gasteiger partial charge >= 0.3 is 0 Å². The van der Waals surface area contributed by atoms with E-state index in [0.717, 1.165) is 57.9 Å². The summed E-state index contributed by atoms with van der Waals surface area (Å²) in [7, 11) is 0. The maximum Gasteiger partial charge on any atom is 0.235 e. The highest BCUT2D eigenvalue weighted by molar-refractivity contribution is 5.33. The standard InChI is InChI=1S/C14H23N3O2/c1-15-10-6-2-4-8-14(17-13-19)9-5-3-7-11-16-12-18/h14H,1-11H2. The molecule has 0 fully saturated rings. The van der Waals surface area contributed by atoms with Crippen molar-refractivity contribution in [2.24, 2.45) is 15.0 Å². The van der Waals surface area contributed by atoms with Crippen LogP contribution in [0.5, 0.6) is 0 Å². The fourth-order valence-electron chi connectivity index (χ4n) is 1.92. The lowest BCUT2D eigenvalue weighted by atomic mass is 10.0. The Bertz CT molecular complexity index is 319. The smallest absolute Gasteiger partial charge is 0.235 e. The van der Waals surface area contributed by atoms with Gasteiger partial charge in [-0.25, -0.2) is 19.6 Å². The molecule has 0 aliphatic rings. The van der Waals surface area contributed by atoms with Crippen LogP contribution in [0.15, 0.2) is 15.0 Å². The lowest BCUT2D eigenvalue weighted by molar-refractivity contribution is 0.491. The van der Waals surface area contributed by atoms with E-state index >= 15 is 0 Å². The van der Waals surface area contributed by atoms with E-state index in [1.54, 1.807) is 6.08 Å². The number of hydrogen-bond donors (Lipinski definition) is 0. The monoisotopic (exact) mass is 265 g/mol. The van der Waals surface area contributed by atoms with Crippen LogP contribution in [0.4, 0.5) is 0 Å². The molecule has 0 bridgehead atoms. The summed E-state index contributed by atoms with van der Waals surface area (Å²) in [6.45, 7) is 4.79. The van der Waals surface area contributed by atoms with Crippen molar-refractivity contribution in [3.05, 3.63) is 0 Å². The molecule has 0 radical (unpaired) electrons. The highest BCUT2D eigenvalue weighted by Gasteiger charge is 2.06. The van der Waals surface area contributed by atoms with E-state index in [2.05, 4.69) is 21.7 Å². The zero-order chi connectivity index (χ0) is 14.2. The van der Waals surface area contributed by atoms with E-state index in [4.69, 9.17) is 0 Å². The van der Waals surface area contributed by atoms with Gasteiger partial charge in [0, 0.05) is 6.54 Å². The quantitative estimate of drug-likeness (QED) is 0.292. The van der Waals surface area contributed by atoms with Crippen molar-refractivity contribution in [1.82, 2.24) is 0 Å². The first kappa shape index (κ1) is 17.4. The SMILES string of the molecule is C=NCCCCCC(CCCCCN=C=O)N=C=O.